The Morgan fingerprint density at radius 1 is 1.50 bits per heavy atom. The van der Waals surface area contributed by atoms with Crippen LogP contribution in [-0.2, 0) is 4.74 Å². The number of methoxy groups -OCH3 is 1. The minimum absolute atomic E-state index is 0.132. The third kappa shape index (κ3) is 1.93. The van der Waals surface area contributed by atoms with Crippen LogP contribution in [0.1, 0.15) is 11.1 Å². The first-order valence-electron chi connectivity index (χ1n) is 4.01. The maximum absolute atomic E-state index is 11.9. The highest BCUT2D eigenvalue weighted by Crippen LogP contribution is 2.24. The van der Waals surface area contributed by atoms with Gasteiger partial charge >= 0.3 is 0 Å². The van der Waals surface area contributed by atoms with E-state index in [1.165, 1.54) is 19.2 Å². The molecule has 0 atom stereocenters. The van der Waals surface area contributed by atoms with Crippen molar-refractivity contribution in [3.8, 4) is 5.75 Å². The Kier molecular flexibility index (Phi) is 3.29. The Bertz CT molecular complexity index is 358. The van der Waals surface area contributed by atoms with Crippen LogP contribution >= 0.6 is 0 Å². The number of hydrogen-bond acceptors (Lipinski definition) is 2. The number of rotatable bonds is 4. The summed E-state index contributed by atoms with van der Waals surface area (Å²) in [6, 6.07) is 4.68. The maximum Gasteiger partial charge on any atom is 0.172 e. The van der Waals surface area contributed by atoms with E-state index >= 15 is 0 Å². The molecule has 74 valence electrons. The van der Waals surface area contributed by atoms with Gasteiger partial charge in [-0.3, -0.25) is 4.94 Å². The predicted octanol–water partition coefficient (Wildman–Crippen LogP) is 3.21. The molecule has 0 aliphatic heterocycles. The van der Waals surface area contributed by atoms with Gasteiger partial charge in [0.2, 0.25) is 0 Å². The zero-order valence-electron chi connectivity index (χ0n) is 7.92. The molecule has 0 bridgehead atoms. The number of hydrogen-bond donors (Lipinski definition) is 0. The highest BCUT2D eigenvalue weighted by atomic mass is 19.3. The molecule has 14 heavy (non-hydrogen) atoms. The predicted molar refractivity (Wildman–Crippen MR) is 54.3 cm³/mol. The lowest BCUT2D eigenvalue weighted by Crippen LogP contribution is -1.90. The van der Waals surface area contributed by atoms with Crippen molar-refractivity contribution in [2.45, 2.75) is 0 Å². The summed E-state index contributed by atoms with van der Waals surface area (Å²) >= 11 is 0. The Morgan fingerprint density at radius 2 is 2.21 bits per heavy atom. The molecule has 0 radical (unpaired) electrons. The molecule has 1 aromatic rings. The van der Waals surface area contributed by atoms with Crippen molar-refractivity contribution < 1.29 is 14.2 Å². The third-order valence-corrected chi connectivity index (χ3v) is 1.88. The average Bonchev–Trinajstić information content (AvgIpc) is 2.27. The summed E-state index contributed by atoms with van der Waals surface area (Å²) in [5, 5.41) is 0. The second kappa shape index (κ2) is 4.46. The third-order valence-electron chi connectivity index (χ3n) is 1.88. The minimum Gasteiger partial charge on any atom is -0.497 e. The molecule has 1 rings (SSSR count). The molecule has 0 aromatic heterocycles. The fraction of sp³-hybridized carbons (Fsp3) is 0.0909. The van der Waals surface area contributed by atoms with E-state index < -0.39 is 0 Å². The summed E-state index contributed by atoms with van der Waals surface area (Å²) in [5.74, 6) is 0.637. The number of halogens is 1. The molecule has 0 aliphatic rings. The second-order valence-electron chi connectivity index (χ2n) is 2.66. The van der Waals surface area contributed by atoms with Crippen molar-refractivity contribution in [3.63, 3.8) is 0 Å². The van der Waals surface area contributed by atoms with Gasteiger partial charge in [0.25, 0.3) is 0 Å². The van der Waals surface area contributed by atoms with E-state index in [9.17, 15) is 4.53 Å². The highest BCUT2D eigenvalue weighted by Gasteiger charge is 2.05. The van der Waals surface area contributed by atoms with E-state index in [0.29, 0.717) is 11.3 Å². The SMILES string of the molecule is C=Cc1cc(OF)ccc1C(=C)OC. The van der Waals surface area contributed by atoms with Crippen LogP contribution in [0.2, 0.25) is 0 Å². The van der Waals surface area contributed by atoms with Gasteiger partial charge in [-0.05, 0) is 23.8 Å². The normalized spacial score (nSPS) is 9.29. The van der Waals surface area contributed by atoms with Crippen LogP contribution in [0.4, 0.5) is 4.53 Å². The van der Waals surface area contributed by atoms with Gasteiger partial charge in [0.1, 0.15) is 5.76 Å². The standard InChI is InChI=1S/C11H11FO2/c1-4-9-7-10(14-12)5-6-11(9)8(2)13-3/h4-7H,1-2H2,3H3. The molecule has 0 N–H and O–H groups in total. The van der Waals surface area contributed by atoms with Gasteiger partial charge in [-0.1, -0.05) is 19.2 Å². The topological polar surface area (TPSA) is 18.5 Å². The first-order chi connectivity index (χ1) is 6.72. The van der Waals surface area contributed by atoms with Crippen molar-refractivity contribution in [1.29, 1.82) is 0 Å². The summed E-state index contributed by atoms with van der Waals surface area (Å²) in [4.78, 5) is 3.61. The van der Waals surface area contributed by atoms with Crippen molar-refractivity contribution in [2.24, 2.45) is 0 Å². The first kappa shape index (κ1) is 10.3. The van der Waals surface area contributed by atoms with E-state index in [-0.39, 0.29) is 5.75 Å². The zero-order valence-corrected chi connectivity index (χ0v) is 7.92. The Balaban J connectivity index is 3.17. The molecule has 0 spiro atoms. The van der Waals surface area contributed by atoms with E-state index in [0.717, 1.165) is 5.56 Å². The molecule has 2 nitrogen and oxygen atoms in total. The average molecular weight is 194 g/mol. The van der Waals surface area contributed by atoms with Gasteiger partial charge in [-0.2, -0.15) is 0 Å². The van der Waals surface area contributed by atoms with Crippen LogP contribution in [0, 0.1) is 0 Å². The molecule has 0 saturated heterocycles. The lowest BCUT2D eigenvalue weighted by atomic mass is 10.1. The van der Waals surface area contributed by atoms with Crippen LogP contribution in [0.25, 0.3) is 11.8 Å². The van der Waals surface area contributed by atoms with Gasteiger partial charge < -0.3 is 4.74 Å². The van der Waals surface area contributed by atoms with E-state index in [1.807, 2.05) is 0 Å². The molecular weight excluding hydrogens is 183 g/mol. The molecule has 0 fully saturated rings. The van der Waals surface area contributed by atoms with Gasteiger partial charge in [0.15, 0.2) is 5.75 Å². The number of benzene rings is 1. The Labute approximate surface area is 82.2 Å². The second-order valence-corrected chi connectivity index (χ2v) is 2.66. The summed E-state index contributed by atoms with van der Waals surface area (Å²) in [6.45, 7) is 7.31. The molecule has 0 aliphatic carbocycles. The summed E-state index contributed by atoms with van der Waals surface area (Å²) in [5.41, 5.74) is 1.48. The minimum atomic E-state index is 0.132. The smallest absolute Gasteiger partial charge is 0.172 e. The van der Waals surface area contributed by atoms with Crippen molar-refractivity contribution in [3.05, 3.63) is 42.5 Å². The molecular formula is C11H11FO2. The maximum atomic E-state index is 11.9. The molecule has 3 heteroatoms. The van der Waals surface area contributed by atoms with Crippen LogP contribution in [-0.4, -0.2) is 7.11 Å². The van der Waals surface area contributed by atoms with Crippen LogP contribution < -0.4 is 4.94 Å². The van der Waals surface area contributed by atoms with Crippen molar-refractivity contribution >= 4 is 11.8 Å². The van der Waals surface area contributed by atoms with E-state index in [4.69, 9.17) is 4.74 Å². The molecule has 0 saturated carbocycles. The Hall–Kier alpha value is -1.77. The fourth-order valence-electron chi connectivity index (χ4n) is 1.12. The van der Waals surface area contributed by atoms with Crippen molar-refractivity contribution in [2.75, 3.05) is 7.11 Å². The Morgan fingerprint density at radius 3 is 2.71 bits per heavy atom. The molecule has 0 unspecified atom stereocenters. The van der Waals surface area contributed by atoms with Gasteiger partial charge in [-0.15, -0.1) is 0 Å². The summed E-state index contributed by atoms with van der Waals surface area (Å²) < 4.78 is 16.8. The lowest BCUT2D eigenvalue weighted by Gasteiger charge is -2.08. The molecule has 0 amide bonds. The molecule has 0 heterocycles. The van der Waals surface area contributed by atoms with Gasteiger partial charge in [0.05, 0.1) is 7.11 Å². The van der Waals surface area contributed by atoms with Crippen LogP contribution in [0.5, 0.6) is 5.75 Å². The van der Waals surface area contributed by atoms with Crippen LogP contribution in [0.15, 0.2) is 31.4 Å². The zero-order chi connectivity index (χ0) is 10.6. The lowest BCUT2D eigenvalue weighted by molar-refractivity contribution is -0.00623. The fourth-order valence-corrected chi connectivity index (χ4v) is 1.12. The monoisotopic (exact) mass is 194 g/mol. The quantitative estimate of drug-likeness (QED) is 0.685. The highest BCUT2D eigenvalue weighted by molar-refractivity contribution is 5.70. The summed E-state index contributed by atoms with van der Waals surface area (Å²) in [7, 11) is 1.52. The van der Waals surface area contributed by atoms with Gasteiger partial charge in [-0.25, -0.2) is 0 Å². The van der Waals surface area contributed by atoms with E-state index in [2.05, 4.69) is 18.1 Å². The summed E-state index contributed by atoms with van der Waals surface area (Å²) in [6.07, 6.45) is 1.59. The largest absolute Gasteiger partial charge is 0.497 e. The van der Waals surface area contributed by atoms with E-state index in [1.54, 1.807) is 12.1 Å². The number of ether oxygens (including phenoxy) is 1. The van der Waals surface area contributed by atoms with Crippen LogP contribution in [0.3, 0.4) is 0 Å². The van der Waals surface area contributed by atoms with Gasteiger partial charge in [0, 0.05) is 10.1 Å². The molecule has 1 aromatic carbocycles. The van der Waals surface area contributed by atoms with Crippen molar-refractivity contribution in [1.82, 2.24) is 0 Å². The first-order valence-corrected chi connectivity index (χ1v) is 4.01.